The molecule has 0 aliphatic rings. The average Bonchev–Trinajstić information content (AvgIpc) is 3.54. The maximum Gasteiger partial charge on any atom is 0.435 e. The van der Waals surface area contributed by atoms with Crippen molar-refractivity contribution in [2.45, 2.75) is 52.6 Å². The molecule has 5 rings (SSSR count). The fourth-order valence-corrected chi connectivity index (χ4v) is 4.32. The summed E-state index contributed by atoms with van der Waals surface area (Å²) < 4.78 is 28.6. The van der Waals surface area contributed by atoms with E-state index in [1.807, 2.05) is 20.8 Å². The monoisotopic (exact) mass is 619 g/mol. The van der Waals surface area contributed by atoms with Crippen LogP contribution in [0.25, 0.3) is 16.6 Å². The highest BCUT2D eigenvalue weighted by Gasteiger charge is 2.24. The van der Waals surface area contributed by atoms with Crippen LogP contribution in [0.15, 0.2) is 67.1 Å². The summed E-state index contributed by atoms with van der Waals surface area (Å²) in [5, 5.41) is 15.3. The first-order valence-corrected chi connectivity index (χ1v) is 14.0. The van der Waals surface area contributed by atoms with Gasteiger partial charge in [-0.2, -0.15) is 14.9 Å². The number of urea groups is 1. The Morgan fingerprint density at radius 3 is 2.39 bits per heavy atom. The molecule has 0 radical (unpaired) electrons. The molecule has 0 bridgehead atoms. The summed E-state index contributed by atoms with van der Waals surface area (Å²) in [6, 6.07) is 11.8. The molecule has 0 unspecified atom stereocenters. The number of aromatic nitrogens is 5. The third kappa shape index (κ3) is 6.97. The van der Waals surface area contributed by atoms with E-state index >= 15 is 0 Å². The Balaban J connectivity index is 1.41. The number of nitrogens with zero attached hydrogens (tertiary/aromatic N) is 5. The van der Waals surface area contributed by atoms with Gasteiger partial charge in [0.2, 0.25) is 0 Å². The average molecular weight is 620 g/mol. The molecule has 3 heterocycles. The van der Waals surface area contributed by atoms with E-state index in [1.165, 1.54) is 35.3 Å². The molecule has 44 heavy (non-hydrogen) atoms. The van der Waals surface area contributed by atoms with Gasteiger partial charge in [0.1, 0.15) is 28.7 Å². The SMILES string of the molecule is CC(C)(C)OC(=O)n1ncc2cc(-n3nc(C(C)(C)C)cc3NC(=O)Nc3cc(Oc4cncc(Cl)c4)ccc3F)ccc21. The van der Waals surface area contributed by atoms with E-state index < -0.39 is 23.5 Å². The molecular formula is C31H31ClFN7O4. The van der Waals surface area contributed by atoms with Gasteiger partial charge in [0, 0.05) is 35.2 Å². The number of amides is 2. The van der Waals surface area contributed by atoms with E-state index in [2.05, 4.69) is 20.7 Å². The van der Waals surface area contributed by atoms with Gasteiger partial charge in [-0.3, -0.25) is 10.3 Å². The zero-order valence-corrected chi connectivity index (χ0v) is 25.7. The number of rotatable bonds is 5. The molecule has 0 atom stereocenters. The van der Waals surface area contributed by atoms with Gasteiger partial charge >= 0.3 is 12.1 Å². The zero-order chi connectivity index (χ0) is 31.8. The minimum Gasteiger partial charge on any atom is -0.456 e. The van der Waals surface area contributed by atoms with Gasteiger partial charge in [0.25, 0.3) is 0 Å². The molecule has 0 aliphatic heterocycles. The topological polar surface area (TPSA) is 125 Å². The highest BCUT2D eigenvalue weighted by molar-refractivity contribution is 6.30. The summed E-state index contributed by atoms with van der Waals surface area (Å²) >= 11 is 5.97. The number of pyridine rings is 1. The fourth-order valence-electron chi connectivity index (χ4n) is 4.15. The number of fused-ring (bicyclic) bond motifs is 1. The Kier molecular flexibility index (Phi) is 8.04. The Morgan fingerprint density at radius 2 is 1.68 bits per heavy atom. The molecule has 0 spiro atoms. The molecule has 3 aromatic heterocycles. The van der Waals surface area contributed by atoms with Gasteiger partial charge in [-0.05, 0) is 51.1 Å². The number of carbonyl (C=O) groups is 2. The molecule has 0 fully saturated rings. The van der Waals surface area contributed by atoms with Crippen LogP contribution < -0.4 is 15.4 Å². The zero-order valence-electron chi connectivity index (χ0n) is 25.0. The van der Waals surface area contributed by atoms with E-state index in [0.717, 1.165) is 0 Å². The van der Waals surface area contributed by atoms with Crippen LogP contribution >= 0.6 is 11.6 Å². The minimum atomic E-state index is -0.703. The molecule has 2 amide bonds. The Labute approximate surface area is 257 Å². The maximum atomic E-state index is 14.7. The second-order valence-electron chi connectivity index (χ2n) is 12.0. The summed E-state index contributed by atoms with van der Waals surface area (Å²) in [4.78, 5) is 29.7. The number of ether oxygens (including phenoxy) is 2. The van der Waals surface area contributed by atoms with E-state index in [-0.39, 0.29) is 16.9 Å². The molecule has 0 aliphatic carbocycles. The van der Waals surface area contributed by atoms with Crippen LogP contribution in [0.5, 0.6) is 11.5 Å². The van der Waals surface area contributed by atoms with Gasteiger partial charge in [0.15, 0.2) is 0 Å². The van der Waals surface area contributed by atoms with Crippen molar-refractivity contribution in [2.75, 3.05) is 10.6 Å². The third-order valence-corrected chi connectivity index (χ3v) is 6.39. The molecule has 13 heteroatoms. The van der Waals surface area contributed by atoms with Crippen molar-refractivity contribution >= 4 is 46.1 Å². The number of hydrogen-bond acceptors (Lipinski definition) is 7. The van der Waals surface area contributed by atoms with Crippen molar-refractivity contribution in [1.82, 2.24) is 24.5 Å². The molecule has 5 aromatic rings. The maximum absolute atomic E-state index is 14.7. The molecular weight excluding hydrogens is 589 g/mol. The van der Waals surface area contributed by atoms with Crippen LogP contribution in [0, 0.1) is 5.82 Å². The van der Waals surface area contributed by atoms with Crippen LogP contribution in [-0.2, 0) is 10.2 Å². The summed E-state index contributed by atoms with van der Waals surface area (Å²) in [6.45, 7) is 11.3. The number of nitrogens with one attached hydrogen (secondary N) is 2. The number of anilines is 2. The highest BCUT2D eigenvalue weighted by atomic mass is 35.5. The fraction of sp³-hybridized carbons (Fsp3) is 0.258. The Bertz CT molecular complexity index is 1870. The lowest BCUT2D eigenvalue weighted by Gasteiger charge is -2.19. The van der Waals surface area contributed by atoms with E-state index in [0.29, 0.717) is 38.9 Å². The first-order chi connectivity index (χ1) is 20.7. The number of carbonyl (C=O) groups excluding carboxylic acids is 2. The smallest absolute Gasteiger partial charge is 0.435 e. The van der Waals surface area contributed by atoms with Gasteiger partial charge in [0.05, 0.1) is 40.0 Å². The lowest BCUT2D eigenvalue weighted by atomic mass is 9.92. The van der Waals surface area contributed by atoms with Crippen molar-refractivity contribution < 1.29 is 23.5 Å². The minimum absolute atomic E-state index is 0.104. The Morgan fingerprint density at radius 1 is 0.909 bits per heavy atom. The highest BCUT2D eigenvalue weighted by Crippen LogP contribution is 2.30. The van der Waals surface area contributed by atoms with Crippen molar-refractivity contribution in [3.63, 3.8) is 0 Å². The van der Waals surface area contributed by atoms with Crippen molar-refractivity contribution in [2.24, 2.45) is 0 Å². The predicted molar refractivity (Wildman–Crippen MR) is 166 cm³/mol. The summed E-state index contributed by atoms with van der Waals surface area (Å²) in [7, 11) is 0. The number of benzene rings is 2. The molecule has 2 aromatic carbocycles. The van der Waals surface area contributed by atoms with Crippen LogP contribution in [0.4, 0.5) is 25.5 Å². The summed E-state index contributed by atoms with van der Waals surface area (Å²) in [5.74, 6) is 0.301. The van der Waals surface area contributed by atoms with Crippen molar-refractivity contribution in [3.05, 3.63) is 83.7 Å². The predicted octanol–water partition coefficient (Wildman–Crippen LogP) is 7.93. The Hall–Kier alpha value is -4.97. The van der Waals surface area contributed by atoms with Crippen LogP contribution in [0.2, 0.25) is 5.02 Å². The normalized spacial score (nSPS) is 11.8. The van der Waals surface area contributed by atoms with Gasteiger partial charge < -0.3 is 14.8 Å². The second-order valence-corrected chi connectivity index (χ2v) is 12.5. The largest absolute Gasteiger partial charge is 0.456 e. The molecule has 2 N–H and O–H groups in total. The van der Waals surface area contributed by atoms with E-state index in [9.17, 15) is 14.0 Å². The lowest BCUT2D eigenvalue weighted by molar-refractivity contribution is 0.0522. The van der Waals surface area contributed by atoms with Crippen LogP contribution in [0.1, 0.15) is 47.2 Å². The molecule has 11 nitrogen and oxygen atoms in total. The van der Waals surface area contributed by atoms with Gasteiger partial charge in [-0.25, -0.2) is 18.7 Å². The van der Waals surface area contributed by atoms with Crippen LogP contribution in [-0.4, -0.2) is 42.3 Å². The van der Waals surface area contributed by atoms with E-state index in [1.54, 1.807) is 62.0 Å². The third-order valence-electron chi connectivity index (χ3n) is 6.18. The first kappa shape index (κ1) is 30.5. The van der Waals surface area contributed by atoms with Gasteiger partial charge in [-0.15, -0.1) is 0 Å². The van der Waals surface area contributed by atoms with Gasteiger partial charge in [-0.1, -0.05) is 32.4 Å². The number of hydrogen-bond donors (Lipinski definition) is 2. The molecule has 0 saturated carbocycles. The molecule has 228 valence electrons. The molecule has 0 saturated heterocycles. The van der Waals surface area contributed by atoms with Crippen molar-refractivity contribution in [1.29, 1.82) is 0 Å². The van der Waals surface area contributed by atoms with E-state index in [4.69, 9.17) is 26.2 Å². The standard InChI is InChI=1S/C31H31ClFN7O4/c1-30(2,3)26-14-27(37-28(41)36-24-13-21(8-9-23(24)33)43-22-12-19(32)16-34-17-22)39(38-26)20-7-10-25-18(11-20)15-35-40(25)29(42)44-31(4,5)6/h7-17H,1-6H3,(H2,36,37,41). The first-order valence-electron chi connectivity index (χ1n) is 13.6. The van der Waals surface area contributed by atoms with Crippen molar-refractivity contribution in [3.8, 4) is 17.2 Å². The second kappa shape index (κ2) is 11.6. The lowest BCUT2D eigenvalue weighted by Crippen LogP contribution is -2.27. The van der Waals surface area contributed by atoms with Crippen LogP contribution in [0.3, 0.4) is 0 Å². The summed E-state index contributed by atoms with van der Waals surface area (Å²) in [5.41, 5.74) is 0.715. The number of halogens is 2. The quantitative estimate of drug-likeness (QED) is 0.205. The summed E-state index contributed by atoms with van der Waals surface area (Å²) in [6.07, 6.45) is 3.87.